The maximum atomic E-state index is 13.0. The van der Waals surface area contributed by atoms with Crippen LogP contribution >= 0.6 is 0 Å². The van der Waals surface area contributed by atoms with E-state index in [0.29, 0.717) is 17.2 Å². The molecule has 148 valence electrons. The van der Waals surface area contributed by atoms with Gasteiger partial charge in [0.05, 0.1) is 16.8 Å². The molecule has 0 bridgehead atoms. The number of hydrogen-bond donors (Lipinski definition) is 1. The second kappa shape index (κ2) is 7.63. The number of rotatable bonds is 5. The lowest BCUT2D eigenvalue weighted by atomic mass is 10.1. The molecule has 0 atom stereocenters. The number of anilines is 1. The van der Waals surface area contributed by atoms with Gasteiger partial charge < -0.3 is 9.52 Å². The minimum absolute atomic E-state index is 0.0139. The Morgan fingerprint density at radius 3 is 2.33 bits per heavy atom. The third-order valence-electron chi connectivity index (χ3n) is 4.54. The van der Waals surface area contributed by atoms with E-state index in [4.69, 9.17) is 9.52 Å². The van der Waals surface area contributed by atoms with Crippen molar-refractivity contribution in [1.82, 2.24) is 0 Å². The molecule has 4 rings (SSSR count). The first kappa shape index (κ1) is 19.1. The van der Waals surface area contributed by atoms with E-state index in [1.54, 1.807) is 12.1 Å². The van der Waals surface area contributed by atoms with E-state index in [-0.39, 0.29) is 22.6 Å². The van der Waals surface area contributed by atoms with Crippen molar-refractivity contribution in [3.8, 4) is 11.3 Å². The molecule has 1 aliphatic heterocycles. The number of carboxylic acids is 1. The molecule has 3 aromatic rings. The number of benzene rings is 2. The molecule has 1 amide bonds. The van der Waals surface area contributed by atoms with Crippen LogP contribution in [0.25, 0.3) is 17.4 Å². The summed E-state index contributed by atoms with van der Waals surface area (Å²) in [6, 6.07) is 18.7. The van der Waals surface area contributed by atoms with Crippen molar-refractivity contribution in [2.45, 2.75) is 6.92 Å². The molecule has 2 aromatic carbocycles. The van der Waals surface area contributed by atoms with Gasteiger partial charge in [0, 0.05) is 12.5 Å². The van der Waals surface area contributed by atoms with Gasteiger partial charge in [0.25, 0.3) is 5.91 Å². The van der Waals surface area contributed by atoms with E-state index in [2.05, 4.69) is 5.10 Å². The number of nitrogens with zero attached hydrogens (tertiary/aromatic N) is 2. The third kappa shape index (κ3) is 3.56. The molecule has 1 aliphatic rings. The predicted molar refractivity (Wildman–Crippen MR) is 111 cm³/mol. The van der Waals surface area contributed by atoms with Gasteiger partial charge in [-0.3, -0.25) is 9.59 Å². The van der Waals surface area contributed by atoms with Crippen molar-refractivity contribution in [2.75, 3.05) is 5.01 Å². The molecule has 0 aliphatic carbocycles. The van der Waals surface area contributed by atoms with Gasteiger partial charge in [-0.2, -0.15) is 10.1 Å². The first-order valence-corrected chi connectivity index (χ1v) is 9.09. The Kier molecular flexibility index (Phi) is 4.85. The van der Waals surface area contributed by atoms with E-state index < -0.39 is 11.9 Å². The van der Waals surface area contributed by atoms with Crippen LogP contribution in [0, 0.1) is 0 Å². The van der Waals surface area contributed by atoms with Crippen LogP contribution in [0.4, 0.5) is 5.69 Å². The number of Topliss-reactive ketones (excluding diaryl/α,β-unsaturated/α-hetero) is 1. The van der Waals surface area contributed by atoms with Crippen LogP contribution in [0.2, 0.25) is 0 Å². The van der Waals surface area contributed by atoms with Crippen LogP contribution in [0.5, 0.6) is 0 Å². The number of aromatic carboxylic acids is 1. The highest BCUT2D eigenvalue weighted by atomic mass is 16.4. The number of hydrazone groups is 1. The van der Waals surface area contributed by atoms with Crippen LogP contribution in [0.3, 0.4) is 0 Å². The quantitative estimate of drug-likeness (QED) is 0.652. The van der Waals surface area contributed by atoms with E-state index in [1.807, 2.05) is 30.3 Å². The molecule has 0 saturated heterocycles. The topological polar surface area (TPSA) is 100 Å². The van der Waals surface area contributed by atoms with Crippen molar-refractivity contribution in [3.05, 3.63) is 83.6 Å². The summed E-state index contributed by atoms with van der Waals surface area (Å²) in [4.78, 5) is 36.1. The lowest BCUT2D eigenvalue weighted by Crippen LogP contribution is -2.21. The minimum Gasteiger partial charge on any atom is -0.478 e. The Labute approximate surface area is 171 Å². The number of ketones is 1. The minimum atomic E-state index is -1.07. The predicted octanol–water partition coefficient (Wildman–Crippen LogP) is 4.02. The van der Waals surface area contributed by atoms with Crippen LogP contribution in [-0.4, -0.2) is 28.5 Å². The van der Waals surface area contributed by atoms with Crippen molar-refractivity contribution in [3.63, 3.8) is 0 Å². The van der Waals surface area contributed by atoms with Gasteiger partial charge in [0.15, 0.2) is 5.78 Å². The Balaban J connectivity index is 1.67. The average molecular weight is 400 g/mol. The summed E-state index contributed by atoms with van der Waals surface area (Å²) < 4.78 is 5.81. The molecule has 7 heteroatoms. The Hall–Kier alpha value is -4.26. The Morgan fingerprint density at radius 1 is 1.00 bits per heavy atom. The zero-order valence-corrected chi connectivity index (χ0v) is 15.9. The molecule has 0 radical (unpaired) electrons. The molecule has 7 nitrogen and oxygen atoms in total. The smallest absolute Gasteiger partial charge is 0.335 e. The molecule has 0 saturated carbocycles. The Bertz CT molecular complexity index is 1200. The monoisotopic (exact) mass is 400 g/mol. The highest BCUT2D eigenvalue weighted by Gasteiger charge is 2.33. The van der Waals surface area contributed by atoms with Gasteiger partial charge in [-0.15, -0.1) is 0 Å². The first-order valence-electron chi connectivity index (χ1n) is 9.09. The third-order valence-corrected chi connectivity index (χ3v) is 4.54. The average Bonchev–Trinajstić information content (AvgIpc) is 3.34. The van der Waals surface area contributed by atoms with Crippen LogP contribution in [0.15, 0.2) is 81.8 Å². The number of carboxylic acid groups (broad SMARTS) is 1. The molecule has 1 aromatic heterocycles. The second-order valence-electron chi connectivity index (χ2n) is 6.60. The van der Waals surface area contributed by atoms with E-state index >= 15 is 0 Å². The van der Waals surface area contributed by atoms with Crippen molar-refractivity contribution in [1.29, 1.82) is 0 Å². The van der Waals surface area contributed by atoms with Crippen LogP contribution in [0.1, 0.15) is 23.0 Å². The van der Waals surface area contributed by atoms with Gasteiger partial charge in [-0.05, 0) is 42.5 Å². The van der Waals surface area contributed by atoms with Crippen molar-refractivity contribution in [2.24, 2.45) is 5.10 Å². The highest BCUT2D eigenvalue weighted by Crippen LogP contribution is 2.28. The fourth-order valence-electron chi connectivity index (χ4n) is 3.06. The highest BCUT2D eigenvalue weighted by molar-refractivity contribution is 6.55. The molecule has 30 heavy (non-hydrogen) atoms. The Morgan fingerprint density at radius 2 is 1.70 bits per heavy atom. The lowest BCUT2D eigenvalue weighted by Gasteiger charge is -2.11. The van der Waals surface area contributed by atoms with Crippen LogP contribution < -0.4 is 5.01 Å². The molecule has 0 unspecified atom stereocenters. The van der Waals surface area contributed by atoms with Crippen molar-refractivity contribution >= 4 is 35.1 Å². The summed E-state index contributed by atoms with van der Waals surface area (Å²) in [5.41, 5.74) is 1.46. The summed E-state index contributed by atoms with van der Waals surface area (Å²) in [6.07, 6.45) is 1.49. The molecular weight excluding hydrogens is 384 g/mol. The number of furan rings is 1. The lowest BCUT2D eigenvalue weighted by molar-refractivity contribution is -0.114. The SMILES string of the molecule is CC(=O)C1=NN(c2ccc(C(=O)O)cc2)C(=O)C1=Cc1ccc(-c2ccccc2)o1. The number of carbonyl (C=O) groups is 3. The molecule has 1 N–H and O–H groups in total. The maximum Gasteiger partial charge on any atom is 0.335 e. The zero-order chi connectivity index (χ0) is 21.3. The van der Waals surface area contributed by atoms with Gasteiger partial charge >= 0.3 is 5.97 Å². The summed E-state index contributed by atoms with van der Waals surface area (Å²) in [5, 5.41) is 14.3. The largest absolute Gasteiger partial charge is 0.478 e. The number of carbonyl (C=O) groups excluding carboxylic acids is 2. The standard InChI is InChI=1S/C23H16N2O5/c1-14(26)21-19(13-18-11-12-20(30-18)15-5-3-2-4-6-15)22(27)25(24-21)17-9-7-16(8-10-17)23(28)29/h2-13H,1H3,(H,28,29). The van der Waals surface area contributed by atoms with Gasteiger partial charge in [0.2, 0.25) is 0 Å². The second-order valence-corrected chi connectivity index (χ2v) is 6.60. The summed E-state index contributed by atoms with van der Waals surface area (Å²) in [6.45, 7) is 1.33. The maximum absolute atomic E-state index is 13.0. The fraction of sp³-hybridized carbons (Fsp3) is 0.0435. The first-order chi connectivity index (χ1) is 14.4. The van der Waals surface area contributed by atoms with Gasteiger partial charge in [-0.1, -0.05) is 30.3 Å². The van der Waals surface area contributed by atoms with Gasteiger partial charge in [0.1, 0.15) is 17.2 Å². The van der Waals surface area contributed by atoms with Crippen molar-refractivity contribution < 1.29 is 23.9 Å². The van der Waals surface area contributed by atoms with Crippen LogP contribution in [-0.2, 0) is 9.59 Å². The summed E-state index contributed by atoms with van der Waals surface area (Å²) in [7, 11) is 0. The molecule has 0 fully saturated rings. The van der Waals surface area contributed by atoms with E-state index in [9.17, 15) is 14.4 Å². The number of amides is 1. The summed E-state index contributed by atoms with van der Waals surface area (Å²) >= 11 is 0. The zero-order valence-electron chi connectivity index (χ0n) is 15.9. The molecule has 2 heterocycles. The fourth-order valence-corrected chi connectivity index (χ4v) is 3.06. The normalized spacial score (nSPS) is 14.8. The number of hydrogen-bond acceptors (Lipinski definition) is 5. The van der Waals surface area contributed by atoms with E-state index in [0.717, 1.165) is 10.6 Å². The molecular formula is C23H16N2O5. The van der Waals surface area contributed by atoms with E-state index in [1.165, 1.54) is 37.3 Å². The van der Waals surface area contributed by atoms with Gasteiger partial charge in [-0.25, -0.2) is 4.79 Å². The molecule has 0 spiro atoms. The summed E-state index contributed by atoms with van der Waals surface area (Å²) in [5.74, 6) is -0.894.